The number of hydrogen-bond donors (Lipinski definition) is 1. The number of carbonyl (C=O) groups is 2. The van der Waals surface area contributed by atoms with Gasteiger partial charge in [0.2, 0.25) is 5.91 Å². The number of amides is 1. The van der Waals surface area contributed by atoms with Crippen LogP contribution in [0, 0.1) is 23.2 Å². The first-order chi connectivity index (χ1) is 14.6. The normalized spacial score (nSPS) is 30.1. The summed E-state index contributed by atoms with van der Waals surface area (Å²) in [6.45, 7) is 2.16. The van der Waals surface area contributed by atoms with Crippen molar-refractivity contribution in [1.29, 1.82) is 0 Å². The number of thiophene rings is 1. The summed E-state index contributed by atoms with van der Waals surface area (Å²) in [6, 6.07) is 8.29. The van der Waals surface area contributed by atoms with E-state index in [1.54, 1.807) is 11.3 Å². The minimum atomic E-state index is -0.322. The Balaban J connectivity index is 1.41. The van der Waals surface area contributed by atoms with Gasteiger partial charge in [0.15, 0.2) is 0 Å². The lowest BCUT2D eigenvalue weighted by Gasteiger charge is -2.31. The highest BCUT2D eigenvalue weighted by atomic mass is 32.1. The van der Waals surface area contributed by atoms with Gasteiger partial charge >= 0.3 is 5.97 Å². The Morgan fingerprint density at radius 3 is 2.67 bits per heavy atom. The molecule has 1 amide bonds. The zero-order valence-corrected chi connectivity index (χ0v) is 18.1. The van der Waals surface area contributed by atoms with Crippen LogP contribution in [0.1, 0.15) is 59.8 Å². The van der Waals surface area contributed by atoms with Crippen LogP contribution >= 0.6 is 11.3 Å². The fourth-order valence-electron chi connectivity index (χ4n) is 7.05. The molecule has 7 rings (SSSR count). The molecular weight excluding hydrogens is 394 g/mol. The summed E-state index contributed by atoms with van der Waals surface area (Å²) >= 11 is 1.58. The number of fused-ring (bicyclic) bond motifs is 3. The third-order valence-corrected chi connectivity index (χ3v) is 9.20. The van der Waals surface area contributed by atoms with E-state index in [1.165, 1.54) is 29.7 Å². The first-order valence-corrected chi connectivity index (χ1v) is 12.1. The molecule has 4 fully saturated rings. The van der Waals surface area contributed by atoms with E-state index in [2.05, 4.69) is 17.4 Å². The molecule has 5 heteroatoms. The van der Waals surface area contributed by atoms with E-state index in [0.29, 0.717) is 23.1 Å². The predicted molar refractivity (Wildman–Crippen MR) is 118 cm³/mol. The predicted octanol–water partition coefficient (Wildman–Crippen LogP) is 5.46. The van der Waals surface area contributed by atoms with E-state index in [-0.39, 0.29) is 17.3 Å². The van der Waals surface area contributed by atoms with E-state index in [9.17, 15) is 9.59 Å². The minimum absolute atomic E-state index is 0.148. The van der Waals surface area contributed by atoms with Gasteiger partial charge in [0, 0.05) is 10.4 Å². The number of hydrogen-bond acceptors (Lipinski definition) is 4. The number of carbonyl (C=O) groups excluding carboxylic acids is 2. The smallest absolute Gasteiger partial charge is 0.341 e. The molecule has 0 aliphatic heterocycles. The molecule has 1 aromatic carbocycles. The quantitative estimate of drug-likeness (QED) is 0.668. The van der Waals surface area contributed by atoms with Crippen molar-refractivity contribution in [1.82, 2.24) is 0 Å². The lowest BCUT2D eigenvalue weighted by molar-refractivity contribution is -0.127. The topological polar surface area (TPSA) is 55.4 Å². The Morgan fingerprint density at radius 1 is 1.13 bits per heavy atom. The number of ether oxygens (including phenoxy) is 1. The van der Waals surface area contributed by atoms with Crippen LogP contribution in [0.2, 0.25) is 0 Å². The molecule has 0 spiro atoms. The molecule has 2 aromatic rings. The van der Waals surface area contributed by atoms with E-state index >= 15 is 0 Å². The first kappa shape index (κ1) is 18.6. The third-order valence-electron chi connectivity index (χ3n) is 8.04. The second-order valence-corrected chi connectivity index (χ2v) is 10.7. The van der Waals surface area contributed by atoms with Crippen molar-refractivity contribution < 1.29 is 14.3 Å². The molecule has 0 radical (unpaired) electrons. The number of rotatable bonds is 4. The molecule has 5 aliphatic carbocycles. The zero-order chi connectivity index (χ0) is 20.5. The summed E-state index contributed by atoms with van der Waals surface area (Å²) in [7, 11) is 0. The Morgan fingerprint density at radius 2 is 1.90 bits per heavy atom. The van der Waals surface area contributed by atoms with E-state index < -0.39 is 0 Å². The van der Waals surface area contributed by atoms with E-state index in [0.717, 1.165) is 48.6 Å². The molecule has 5 aliphatic rings. The van der Waals surface area contributed by atoms with Crippen LogP contribution in [0.15, 0.2) is 24.3 Å². The Hall–Kier alpha value is -2.14. The van der Waals surface area contributed by atoms with Crippen LogP contribution < -0.4 is 5.32 Å². The van der Waals surface area contributed by atoms with Gasteiger partial charge in [-0.15, -0.1) is 11.3 Å². The second-order valence-electron chi connectivity index (χ2n) is 9.64. The molecule has 156 valence electrons. The van der Waals surface area contributed by atoms with Gasteiger partial charge in [-0.2, -0.15) is 0 Å². The summed E-state index contributed by atoms with van der Waals surface area (Å²) in [5.74, 6) is 1.80. The lowest BCUT2D eigenvalue weighted by Crippen LogP contribution is -2.37. The van der Waals surface area contributed by atoms with Crippen molar-refractivity contribution in [3.05, 3.63) is 40.3 Å². The number of anilines is 1. The van der Waals surface area contributed by atoms with E-state index in [1.807, 2.05) is 19.1 Å². The summed E-state index contributed by atoms with van der Waals surface area (Å²) in [5.41, 5.74) is 3.70. The molecule has 2 unspecified atom stereocenters. The highest BCUT2D eigenvalue weighted by Crippen LogP contribution is 2.65. The maximum Gasteiger partial charge on any atom is 0.341 e. The Kier molecular flexibility index (Phi) is 4.14. The standard InChI is InChI=1S/C25H27NO3S/c1-2-29-23(27)21-20-18-6-4-3-5-16(18)7-8-19(20)30-22(21)26-24(28)25-12-14-9-15(13-25)11-17(25)10-14/h3-6,14-15,17H,2,7-13H2,1H3,(H,26,28). The van der Waals surface area contributed by atoms with Crippen LogP contribution in [-0.4, -0.2) is 18.5 Å². The molecule has 4 saturated carbocycles. The van der Waals surface area contributed by atoms with Gasteiger partial charge < -0.3 is 10.1 Å². The van der Waals surface area contributed by atoms with Gasteiger partial charge in [0.25, 0.3) is 0 Å². The molecule has 1 aromatic heterocycles. The molecule has 30 heavy (non-hydrogen) atoms. The lowest BCUT2D eigenvalue weighted by atomic mass is 9.75. The number of nitrogens with one attached hydrogen (secondary N) is 1. The minimum Gasteiger partial charge on any atom is -0.462 e. The van der Waals surface area contributed by atoms with Crippen LogP contribution in [0.4, 0.5) is 5.00 Å². The molecule has 4 nitrogen and oxygen atoms in total. The van der Waals surface area contributed by atoms with Crippen molar-refractivity contribution in [3.8, 4) is 11.1 Å². The van der Waals surface area contributed by atoms with E-state index in [4.69, 9.17) is 4.74 Å². The van der Waals surface area contributed by atoms with Gasteiger partial charge in [0.05, 0.1) is 12.0 Å². The van der Waals surface area contributed by atoms with Gasteiger partial charge in [-0.1, -0.05) is 24.3 Å². The van der Waals surface area contributed by atoms with Gasteiger partial charge in [0.1, 0.15) is 10.6 Å². The van der Waals surface area contributed by atoms with Crippen molar-refractivity contribution in [3.63, 3.8) is 0 Å². The molecule has 2 atom stereocenters. The Bertz CT molecular complexity index is 1040. The van der Waals surface area contributed by atoms with Gasteiger partial charge in [-0.05, 0) is 80.8 Å². The Labute approximate surface area is 181 Å². The van der Waals surface area contributed by atoms with Crippen LogP contribution in [-0.2, 0) is 22.4 Å². The second kappa shape index (κ2) is 6.68. The van der Waals surface area contributed by atoms with Crippen molar-refractivity contribution in [2.45, 2.75) is 51.9 Å². The fraction of sp³-hybridized carbons (Fsp3) is 0.520. The van der Waals surface area contributed by atoms with Crippen LogP contribution in [0.25, 0.3) is 11.1 Å². The van der Waals surface area contributed by atoms with Crippen molar-refractivity contribution >= 4 is 28.2 Å². The van der Waals surface area contributed by atoms with Gasteiger partial charge in [-0.25, -0.2) is 4.79 Å². The monoisotopic (exact) mass is 421 g/mol. The molecule has 4 bridgehead atoms. The van der Waals surface area contributed by atoms with Crippen LogP contribution in [0.5, 0.6) is 0 Å². The number of benzene rings is 1. The highest BCUT2D eigenvalue weighted by Gasteiger charge is 2.61. The average Bonchev–Trinajstić information content (AvgIpc) is 3.32. The average molecular weight is 422 g/mol. The van der Waals surface area contributed by atoms with Crippen LogP contribution in [0.3, 0.4) is 0 Å². The maximum absolute atomic E-state index is 13.6. The fourth-order valence-corrected chi connectivity index (χ4v) is 8.25. The molecule has 0 saturated heterocycles. The summed E-state index contributed by atoms with van der Waals surface area (Å²) in [5, 5.41) is 3.96. The third kappa shape index (κ3) is 2.57. The number of esters is 1. The zero-order valence-electron chi connectivity index (χ0n) is 17.3. The SMILES string of the molecule is CCOC(=O)c1c(NC(=O)C23CC4CC(CC2C4)C3)sc2c1-c1ccccc1CC2. The summed E-state index contributed by atoms with van der Waals surface area (Å²) in [6.07, 6.45) is 7.66. The number of aryl methyl sites for hydroxylation is 2. The largest absolute Gasteiger partial charge is 0.462 e. The maximum atomic E-state index is 13.6. The first-order valence-electron chi connectivity index (χ1n) is 11.3. The van der Waals surface area contributed by atoms with Crippen molar-refractivity contribution in [2.75, 3.05) is 11.9 Å². The summed E-state index contributed by atoms with van der Waals surface area (Å²) in [4.78, 5) is 27.8. The van der Waals surface area contributed by atoms with Gasteiger partial charge in [-0.3, -0.25) is 4.79 Å². The molecule has 1 heterocycles. The molecule has 1 N–H and O–H groups in total. The van der Waals surface area contributed by atoms with Crippen molar-refractivity contribution in [2.24, 2.45) is 23.2 Å². The highest BCUT2D eigenvalue weighted by molar-refractivity contribution is 7.17. The molecular formula is C25H27NO3S. The summed E-state index contributed by atoms with van der Waals surface area (Å²) < 4.78 is 5.44.